The van der Waals surface area contributed by atoms with E-state index in [0.717, 1.165) is 19.3 Å². The summed E-state index contributed by atoms with van der Waals surface area (Å²) in [6, 6.07) is 0. The number of morpholine rings is 1. The molecule has 3 atom stereocenters. The molecule has 0 radical (unpaired) electrons. The Bertz CT molecular complexity index is 642. The Labute approximate surface area is 179 Å². The van der Waals surface area contributed by atoms with E-state index in [2.05, 4.69) is 5.32 Å². The number of hydrogen-bond acceptors (Lipinski definition) is 5. The van der Waals surface area contributed by atoms with Gasteiger partial charge in [0.15, 0.2) is 5.78 Å². The topological polar surface area (TPSA) is 84.9 Å². The standard InChI is InChI=1S/C23H36N2O5/c26-19-16-30-20-7-4-10-23(19,20)24-22(28)18(9-8-17-5-2-1-3-6-17)15-21(27)25-11-13-29-14-12-25/h17-18,20H,1-16H2,(H,24,28)/t18?,20-,23+/m1/s1. The highest BCUT2D eigenvalue weighted by atomic mass is 16.5. The van der Waals surface area contributed by atoms with Crippen molar-refractivity contribution < 1.29 is 23.9 Å². The van der Waals surface area contributed by atoms with Gasteiger partial charge in [0.1, 0.15) is 12.1 Å². The highest BCUT2D eigenvalue weighted by Crippen LogP contribution is 2.38. The number of rotatable bonds is 7. The number of fused-ring (bicyclic) bond motifs is 1. The number of ether oxygens (including phenoxy) is 2. The van der Waals surface area contributed by atoms with E-state index in [1.807, 2.05) is 4.90 Å². The van der Waals surface area contributed by atoms with Gasteiger partial charge in [-0.15, -0.1) is 0 Å². The smallest absolute Gasteiger partial charge is 0.224 e. The maximum absolute atomic E-state index is 13.4. The first-order valence-corrected chi connectivity index (χ1v) is 11.9. The zero-order chi connectivity index (χ0) is 21.0. The molecule has 2 aliphatic heterocycles. The van der Waals surface area contributed by atoms with E-state index in [1.165, 1.54) is 32.1 Å². The minimum Gasteiger partial charge on any atom is -0.378 e. The first-order valence-electron chi connectivity index (χ1n) is 11.9. The highest BCUT2D eigenvalue weighted by molar-refractivity contribution is 5.97. The first-order chi connectivity index (χ1) is 14.6. The van der Waals surface area contributed by atoms with Crippen LogP contribution in [0.3, 0.4) is 0 Å². The van der Waals surface area contributed by atoms with E-state index in [9.17, 15) is 14.4 Å². The normalized spacial score (nSPS) is 30.9. The summed E-state index contributed by atoms with van der Waals surface area (Å²) in [5, 5.41) is 3.09. The van der Waals surface area contributed by atoms with Crippen molar-refractivity contribution in [3.8, 4) is 0 Å². The number of carbonyl (C=O) groups excluding carboxylic acids is 3. The minimum absolute atomic E-state index is 0.0103. The number of ketones is 1. The predicted molar refractivity (Wildman–Crippen MR) is 111 cm³/mol. The molecule has 7 heteroatoms. The summed E-state index contributed by atoms with van der Waals surface area (Å²) in [5.74, 6) is 0.145. The Balaban J connectivity index is 1.41. The van der Waals surface area contributed by atoms with Gasteiger partial charge in [-0.1, -0.05) is 32.1 Å². The molecular weight excluding hydrogens is 384 g/mol. The van der Waals surface area contributed by atoms with Gasteiger partial charge in [0, 0.05) is 25.4 Å². The predicted octanol–water partition coefficient (Wildman–Crippen LogP) is 2.22. The molecule has 7 nitrogen and oxygen atoms in total. The summed E-state index contributed by atoms with van der Waals surface area (Å²) >= 11 is 0. The van der Waals surface area contributed by atoms with Gasteiger partial charge in [-0.2, -0.15) is 0 Å². The van der Waals surface area contributed by atoms with Crippen LogP contribution in [-0.2, 0) is 23.9 Å². The second-order valence-electron chi connectivity index (χ2n) is 9.55. The lowest BCUT2D eigenvalue weighted by atomic mass is 9.83. The van der Waals surface area contributed by atoms with E-state index in [1.54, 1.807) is 0 Å². The van der Waals surface area contributed by atoms with Crippen molar-refractivity contribution in [1.29, 1.82) is 0 Å². The molecule has 2 heterocycles. The van der Waals surface area contributed by atoms with Gasteiger partial charge in [0.05, 0.1) is 19.3 Å². The van der Waals surface area contributed by atoms with Crippen molar-refractivity contribution in [3.63, 3.8) is 0 Å². The highest BCUT2D eigenvalue weighted by Gasteiger charge is 2.55. The van der Waals surface area contributed by atoms with Crippen LogP contribution in [0.5, 0.6) is 0 Å². The molecule has 30 heavy (non-hydrogen) atoms. The fourth-order valence-electron chi connectivity index (χ4n) is 5.75. The molecule has 2 amide bonds. The van der Waals surface area contributed by atoms with Gasteiger partial charge in [-0.05, 0) is 38.0 Å². The van der Waals surface area contributed by atoms with Gasteiger partial charge in [-0.3, -0.25) is 14.4 Å². The van der Waals surface area contributed by atoms with E-state index >= 15 is 0 Å². The number of amides is 2. The summed E-state index contributed by atoms with van der Waals surface area (Å²) < 4.78 is 11.0. The summed E-state index contributed by atoms with van der Waals surface area (Å²) in [6.45, 7) is 2.38. The Morgan fingerprint density at radius 1 is 1.10 bits per heavy atom. The van der Waals surface area contributed by atoms with Gasteiger partial charge in [0.25, 0.3) is 0 Å². The largest absolute Gasteiger partial charge is 0.378 e. The molecule has 1 N–H and O–H groups in total. The molecular formula is C23H36N2O5. The average molecular weight is 421 g/mol. The van der Waals surface area contributed by atoms with Crippen LogP contribution in [0.4, 0.5) is 0 Å². The van der Waals surface area contributed by atoms with Crippen LogP contribution in [0.1, 0.15) is 70.6 Å². The molecule has 168 valence electrons. The quantitative estimate of drug-likeness (QED) is 0.683. The van der Waals surface area contributed by atoms with Crippen LogP contribution < -0.4 is 5.32 Å². The van der Waals surface area contributed by atoms with E-state index < -0.39 is 5.54 Å². The van der Waals surface area contributed by atoms with Crippen LogP contribution in [0.15, 0.2) is 0 Å². The zero-order valence-electron chi connectivity index (χ0n) is 18.0. The molecule has 0 aromatic heterocycles. The van der Waals surface area contributed by atoms with Crippen molar-refractivity contribution >= 4 is 17.6 Å². The molecule has 0 aromatic carbocycles. The number of nitrogens with zero attached hydrogens (tertiary/aromatic N) is 1. The van der Waals surface area contributed by atoms with Crippen molar-refractivity contribution in [1.82, 2.24) is 10.2 Å². The second-order valence-corrected chi connectivity index (χ2v) is 9.55. The lowest BCUT2D eigenvalue weighted by Gasteiger charge is -2.32. The van der Waals surface area contributed by atoms with Crippen molar-refractivity contribution in [2.75, 3.05) is 32.9 Å². The third kappa shape index (κ3) is 4.72. The van der Waals surface area contributed by atoms with Gasteiger partial charge in [-0.25, -0.2) is 0 Å². The zero-order valence-corrected chi connectivity index (χ0v) is 18.0. The van der Waals surface area contributed by atoms with Crippen LogP contribution in [0.25, 0.3) is 0 Å². The number of hydrogen-bond donors (Lipinski definition) is 1. The SMILES string of the molecule is O=C(N[C@]12CCC[C@H]1OCC2=O)C(CCC1CCCCC1)CC(=O)N1CCOCC1. The maximum Gasteiger partial charge on any atom is 0.224 e. The van der Waals surface area contributed by atoms with Gasteiger partial charge in [0.2, 0.25) is 11.8 Å². The van der Waals surface area contributed by atoms with Crippen molar-refractivity contribution in [2.45, 2.75) is 82.3 Å². The van der Waals surface area contributed by atoms with E-state index in [4.69, 9.17) is 9.47 Å². The fourth-order valence-corrected chi connectivity index (χ4v) is 5.75. The maximum atomic E-state index is 13.4. The molecule has 4 fully saturated rings. The number of nitrogens with one attached hydrogen (secondary N) is 1. The minimum atomic E-state index is -0.859. The summed E-state index contributed by atoms with van der Waals surface area (Å²) in [6.07, 6.45) is 10.3. The molecule has 2 saturated carbocycles. The van der Waals surface area contributed by atoms with Crippen molar-refractivity contribution in [3.05, 3.63) is 0 Å². The van der Waals surface area contributed by atoms with E-state index in [-0.39, 0.29) is 42.6 Å². The average Bonchev–Trinajstić information content (AvgIpc) is 3.31. The molecule has 0 bridgehead atoms. The molecule has 0 spiro atoms. The third-order valence-corrected chi connectivity index (χ3v) is 7.65. The lowest BCUT2D eigenvalue weighted by Crippen LogP contribution is -2.57. The Morgan fingerprint density at radius 3 is 2.63 bits per heavy atom. The summed E-state index contributed by atoms with van der Waals surface area (Å²) in [5.41, 5.74) is -0.859. The van der Waals surface area contributed by atoms with Crippen LogP contribution in [0, 0.1) is 11.8 Å². The molecule has 4 rings (SSSR count). The second kappa shape index (κ2) is 9.77. The van der Waals surface area contributed by atoms with Crippen LogP contribution >= 0.6 is 0 Å². The monoisotopic (exact) mass is 420 g/mol. The molecule has 2 saturated heterocycles. The summed E-state index contributed by atoms with van der Waals surface area (Å²) in [4.78, 5) is 40.6. The molecule has 1 unspecified atom stereocenters. The molecule has 0 aromatic rings. The Hall–Kier alpha value is -1.47. The summed E-state index contributed by atoms with van der Waals surface area (Å²) in [7, 11) is 0. The molecule has 2 aliphatic carbocycles. The number of carbonyl (C=O) groups is 3. The Morgan fingerprint density at radius 2 is 1.87 bits per heavy atom. The number of Topliss-reactive ketones (excluding diaryl/α,β-unsaturated/α-hetero) is 1. The van der Waals surface area contributed by atoms with Crippen LogP contribution in [-0.4, -0.2) is 67.1 Å². The van der Waals surface area contributed by atoms with Gasteiger partial charge < -0.3 is 19.7 Å². The third-order valence-electron chi connectivity index (χ3n) is 7.65. The first kappa shape index (κ1) is 21.8. The Kier molecular flexibility index (Phi) is 7.08. The van der Waals surface area contributed by atoms with Crippen molar-refractivity contribution in [2.24, 2.45) is 11.8 Å². The molecule has 4 aliphatic rings. The van der Waals surface area contributed by atoms with Gasteiger partial charge >= 0.3 is 0 Å². The lowest BCUT2D eigenvalue weighted by molar-refractivity contribution is -0.140. The van der Waals surface area contributed by atoms with Crippen LogP contribution in [0.2, 0.25) is 0 Å². The van der Waals surface area contributed by atoms with E-state index in [0.29, 0.717) is 45.1 Å². The fraction of sp³-hybridized carbons (Fsp3) is 0.870.